The molecule has 1 fully saturated rings. The van der Waals surface area contributed by atoms with Crippen LogP contribution in [-0.4, -0.2) is 29.2 Å². The molecule has 1 heterocycles. The number of hydrazine groups is 1. The normalized spacial score (nSPS) is 18.6. The average Bonchev–Trinajstić information content (AvgIpc) is 2.89. The number of nitrogens with one attached hydrogen (secondary N) is 3. The van der Waals surface area contributed by atoms with Crippen LogP contribution in [0.5, 0.6) is 5.75 Å². The summed E-state index contributed by atoms with van der Waals surface area (Å²) in [6.45, 7) is 3.47. The fraction of sp³-hybridized carbons (Fsp3) is 0.211. The van der Waals surface area contributed by atoms with E-state index in [-0.39, 0.29) is 5.11 Å². The summed E-state index contributed by atoms with van der Waals surface area (Å²) in [5.74, 6) is 0.177. The van der Waals surface area contributed by atoms with Gasteiger partial charge in [0.2, 0.25) is 0 Å². The summed E-state index contributed by atoms with van der Waals surface area (Å²) in [5.41, 5.74) is 3.52. The standard InChI is InChI=1S/C19H19ClN4O3S/c1-11-14(20)5-4-6-15(11)21-17(28)23-24-16(25)19(2,22-18(24)26)12-7-9-13(27-3)10-8-12/h4-10H,1-3H3,(H,22,26)(H2,21,23,28)/t19-/m0/s1. The summed E-state index contributed by atoms with van der Waals surface area (Å²) in [5, 5.41) is 7.18. The van der Waals surface area contributed by atoms with Gasteiger partial charge in [-0.05, 0) is 61.5 Å². The fourth-order valence-corrected chi connectivity index (χ4v) is 3.23. The average molecular weight is 419 g/mol. The van der Waals surface area contributed by atoms with Crippen molar-refractivity contribution in [2.45, 2.75) is 19.4 Å². The number of thiocarbonyl (C=S) groups is 1. The lowest BCUT2D eigenvalue weighted by Gasteiger charge is -2.23. The Balaban J connectivity index is 1.76. The van der Waals surface area contributed by atoms with E-state index in [1.807, 2.05) is 6.92 Å². The second-order valence-corrected chi connectivity index (χ2v) is 7.22. The van der Waals surface area contributed by atoms with Crippen LogP contribution in [0.4, 0.5) is 10.5 Å². The van der Waals surface area contributed by atoms with E-state index in [9.17, 15) is 9.59 Å². The van der Waals surface area contributed by atoms with Crippen molar-refractivity contribution in [1.29, 1.82) is 0 Å². The minimum atomic E-state index is -1.22. The maximum absolute atomic E-state index is 12.9. The molecule has 9 heteroatoms. The number of halogens is 1. The van der Waals surface area contributed by atoms with E-state index in [2.05, 4.69) is 16.1 Å². The molecule has 1 saturated heterocycles. The van der Waals surface area contributed by atoms with Crippen molar-refractivity contribution in [1.82, 2.24) is 15.8 Å². The molecule has 2 aromatic carbocycles. The Morgan fingerprint density at radius 3 is 2.54 bits per heavy atom. The lowest BCUT2D eigenvalue weighted by atomic mass is 9.92. The molecule has 7 nitrogen and oxygen atoms in total. The number of nitrogens with zero attached hydrogens (tertiary/aromatic N) is 1. The van der Waals surface area contributed by atoms with Crippen LogP contribution in [0, 0.1) is 6.92 Å². The number of rotatable bonds is 4. The third-order valence-electron chi connectivity index (χ3n) is 4.59. The van der Waals surface area contributed by atoms with E-state index in [1.165, 1.54) is 0 Å². The third kappa shape index (κ3) is 3.61. The zero-order chi connectivity index (χ0) is 20.5. The second-order valence-electron chi connectivity index (χ2n) is 6.40. The van der Waals surface area contributed by atoms with Gasteiger partial charge in [-0.15, -0.1) is 0 Å². The number of hydrogen-bond donors (Lipinski definition) is 3. The topological polar surface area (TPSA) is 82.7 Å². The number of ether oxygens (including phenoxy) is 1. The summed E-state index contributed by atoms with van der Waals surface area (Å²) in [7, 11) is 1.56. The first-order valence-corrected chi connectivity index (χ1v) is 9.19. The van der Waals surface area contributed by atoms with Gasteiger partial charge in [-0.1, -0.05) is 29.8 Å². The molecule has 0 unspecified atom stereocenters. The summed E-state index contributed by atoms with van der Waals surface area (Å²) in [4.78, 5) is 25.3. The fourth-order valence-electron chi connectivity index (χ4n) is 2.86. The molecule has 146 valence electrons. The Bertz CT molecular complexity index is 951. The quantitative estimate of drug-likeness (QED) is 0.522. The molecule has 0 saturated carbocycles. The summed E-state index contributed by atoms with van der Waals surface area (Å²) in [6.07, 6.45) is 0. The van der Waals surface area contributed by atoms with Gasteiger partial charge in [-0.25, -0.2) is 4.79 Å². The number of hydrogen-bond acceptors (Lipinski definition) is 4. The van der Waals surface area contributed by atoms with E-state index in [1.54, 1.807) is 56.5 Å². The predicted octanol–water partition coefficient (Wildman–Crippen LogP) is 3.33. The largest absolute Gasteiger partial charge is 0.497 e. The number of carbonyl (C=O) groups is 2. The summed E-state index contributed by atoms with van der Waals surface area (Å²) in [6, 6.07) is 11.6. The second kappa shape index (κ2) is 7.65. The molecule has 28 heavy (non-hydrogen) atoms. The lowest BCUT2D eigenvalue weighted by Crippen LogP contribution is -2.49. The SMILES string of the molecule is COc1ccc([C@]2(C)NC(=O)N(NC(=S)Nc3cccc(Cl)c3C)C2=O)cc1. The van der Waals surface area contributed by atoms with Crippen LogP contribution in [-0.2, 0) is 10.3 Å². The molecule has 0 aromatic heterocycles. The first-order chi connectivity index (χ1) is 13.3. The minimum Gasteiger partial charge on any atom is -0.497 e. The zero-order valence-electron chi connectivity index (χ0n) is 15.5. The van der Waals surface area contributed by atoms with Crippen molar-refractivity contribution in [3.05, 3.63) is 58.6 Å². The third-order valence-corrected chi connectivity index (χ3v) is 5.19. The van der Waals surface area contributed by atoms with E-state index >= 15 is 0 Å². The zero-order valence-corrected chi connectivity index (χ0v) is 17.1. The molecule has 1 atom stereocenters. The van der Waals surface area contributed by atoms with Crippen molar-refractivity contribution in [2.24, 2.45) is 0 Å². The Hall–Kier alpha value is -2.84. The van der Waals surface area contributed by atoms with Crippen LogP contribution in [0.25, 0.3) is 0 Å². The predicted molar refractivity (Wildman–Crippen MR) is 111 cm³/mol. The smallest absolute Gasteiger partial charge is 0.344 e. The Kier molecular flexibility index (Phi) is 5.44. The van der Waals surface area contributed by atoms with Crippen LogP contribution >= 0.6 is 23.8 Å². The van der Waals surface area contributed by atoms with Crippen molar-refractivity contribution in [3.8, 4) is 5.75 Å². The number of urea groups is 1. The number of methoxy groups -OCH3 is 1. The molecule has 1 aliphatic rings. The van der Waals surface area contributed by atoms with Gasteiger partial charge >= 0.3 is 6.03 Å². The van der Waals surface area contributed by atoms with E-state index in [0.29, 0.717) is 22.0 Å². The van der Waals surface area contributed by atoms with Gasteiger partial charge in [-0.2, -0.15) is 5.01 Å². The van der Waals surface area contributed by atoms with Gasteiger partial charge in [0.15, 0.2) is 5.11 Å². The molecule has 0 aliphatic carbocycles. The molecule has 3 N–H and O–H groups in total. The first kappa shape index (κ1) is 19.9. The van der Waals surface area contributed by atoms with E-state index in [4.69, 9.17) is 28.6 Å². The Morgan fingerprint density at radius 1 is 1.21 bits per heavy atom. The van der Waals surface area contributed by atoms with Crippen LogP contribution < -0.4 is 20.8 Å². The van der Waals surface area contributed by atoms with E-state index in [0.717, 1.165) is 10.6 Å². The number of imide groups is 1. The highest BCUT2D eigenvalue weighted by Crippen LogP contribution is 2.29. The van der Waals surface area contributed by atoms with E-state index < -0.39 is 17.5 Å². The van der Waals surface area contributed by atoms with Crippen LogP contribution in [0.2, 0.25) is 5.02 Å². The van der Waals surface area contributed by atoms with Gasteiger partial charge in [0.05, 0.1) is 7.11 Å². The molecule has 3 rings (SSSR count). The van der Waals surface area contributed by atoms with Gasteiger partial charge < -0.3 is 15.4 Å². The number of carbonyl (C=O) groups excluding carboxylic acids is 2. The van der Waals surface area contributed by atoms with Gasteiger partial charge in [0, 0.05) is 10.7 Å². The highest BCUT2D eigenvalue weighted by molar-refractivity contribution is 7.80. The Labute approximate surface area is 173 Å². The number of amides is 3. The monoisotopic (exact) mass is 418 g/mol. The van der Waals surface area contributed by atoms with Crippen molar-refractivity contribution in [3.63, 3.8) is 0 Å². The molecule has 0 spiro atoms. The minimum absolute atomic E-state index is 0.0906. The molecular weight excluding hydrogens is 400 g/mol. The highest BCUT2D eigenvalue weighted by atomic mass is 35.5. The first-order valence-electron chi connectivity index (χ1n) is 8.40. The maximum atomic E-state index is 12.9. The molecular formula is C19H19ClN4O3S. The maximum Gasteiger partial charge on any atom is 0.344 e. The molecule has 0 bridgehead atoms. The van der Waals surface area contributed by atoms with Gasteiger partial charge in [0.1, 0.15) is 11.3 Å². The number of anilines is 1. The van der Waals surface area contributed by atoms with Gasteiger partial charge in [-0.3, -0.25) is 10.2 Å². The number of benzene rings is 2. The van der Waals surface area contributed by atoms with Gasteiger partial charge in [0.25, 0.3) is 5.91 Å². The summed E-state index contributed by atoms with van der Waals surface area (Å²) < 4.78 is 5.13. The summed E-state index contributed by atoms with van der Waals surface area (Å²) >= 11 is 11.3. The van der Waals surface area contributed by atoms with Crippen molar-refractivity contribution in [2.75, 3.05) is 12.4 Å². The van der Waals surface area contributed by atoms with Crippen molar-refractivity contribution >= 4 is 46.6 Å². The highest BCUT2D eigenvalue weighted by Gasteiger charge is 2.49. The van der Waals surface area contributed by atoms with Crippen LogP contribution in [0.3, 0.4) is 0 Å². The molecule has 2 aromatic rings. The molecule has 3 amide bonds. The van der Waals surface area contributed by atoms with Crippen LogP contribution in [0.15, 0.2) is 42.5 Å². The Morgan fingerprint density at radius 2 is 1.89 bits per heavy atom. The lowest BCUT2D eigenvalue weighted by molar-refractivity contribution is -0.132. The molecule has 1 aliphatic heterocycles. The van der Waals surface area contributed by atoms with Crippen molar-refractivity contribution < 1.29 is 14.3 Å². The van der Waals surface area contributed by atoms with Crippen LogP contribution in [0.1, 0.15) is 18.1 Å². The molecule has 0 radical (unpaired) electrons.